The Morgan fingerprint density at radius 3 is 2.82 bits per heavy atom. The van der Waals surface area contributed by atoms with Crippen molar-refractivity contribution in [1.82, 2.24) is 20.5 Å². The van der Waals surface area contributed by atoms with Crippen molar-refractivity contribution in [1.29, 1.82) is 0 Å². The Kier molecular flexibility index (Phi) is 9.47. The molecule has 2 aromatic rings. The zero-order chi connectivity index (χ0) is 19.1. The smallest absolute Gasteiger partial charge is 0.191 e. The van der Waals surface area contributed by atoms with Crippen LogP contribution in [0.4, 0.5) is 0 Å². The zero-order valence-electron chi connectivity index (χ0n) is 16.4. The maximum atomic E-state index is 6.24. The molecule has 0 bridgehead atoms. The summed E-state index contributed by atoms with van der Waals surface area (Å²) in [5.74, 6) is 1.30. The molecule has 2 atom stereocenters. The third-order valence-corrected chi connectivity index (χ3v) is 5.35. The second-order valence-electron chi connectivity index (χ2n) is 7.01. The monoisotopic (exact) mass is 513 g/mol. The summed E-state index contributed by atoms with van der Waals surface area (Å²) in [5.41, 5.74) is 2.28. The van der Waals surface area contributed by atoms with Crippen molar-refractivity contribution in [3.63, 3.8) is 0 Å². The van der Waals surface area contributed by atoms with Crippen molar-refractivity contribution in [2.24, 2.45) is 10.9 Å². The van der Waals surface area contributed by atoms with Crippen LogP contribution in [0.25, 0.3) is 0 Å². The highest BCUT2D eigenvalue weighted by Gasteiger charge is 2.30. The molecule has 28 heavy (non-hydrogen) atoms. The van der Waals surface area contributed by atoms with Crippen molar-refractivity contribution >= 4 is 41.5 Å². The van der Waals surface area contributed by atoms with E-state index in [2.05, 4.69) is 44.7 Å². The number of hydrogen-bond acceptors (Lipinski definition) is 3. The van der Waals surface area contributed by atoms with E-state index in [1.165, 1.54) is 18.4 Å². The summed E-state index contributed by atoms with van der Waals surface area (Å²) in [7, 11) is 4.00. The van der Waals surface area contributed by atoms with E-state index in [-0.39, 0.29) is 24.0 Å². The van der Waals surface area contributed by atoms with Gasteiger partial charge in [0.15, 0.2) is 5.96 Å². The number of guanidine groups is 1. The SMILES string of the molecule is CN=C(NCc1ccccn1)NCC1CCCN(C)C1c1cccc(Cl)c1.I. The number of likely N-dealkylation sites (tertiary alicyclic amines) is 1. The lowest BCUT2D eigenvalue weighted by atomic mass is 9.85. The summed E-state index contributed by atoms with van der Waals surface area (Å²) < 4.78 is 0. The Bertz CT molecular complexity index is 755. The third kappa shape index (κ3) is 6.32. The van der Waals surface area contributed by atoms with E-state index in [9.17, 15) is 0 Å². The van der Waals surface area contributed by atoms with E-state index in [1.807, 2.05) is 30.3 Å². The molecule has 152 valence electrons. The predicted molar refractivity (Wildman–Crippen MR) is 127 cm³/mol. The summed E-state index contributed by atoms with van der Waals surface area (Å²) in [6.45, 7) is 2.63. The first-order valence-electron chi connectivity index (χ1n) is 9.47. The summed E-state index contributed by atoms with van der Waals surface area (Å²) >= 11 is 6.24. The second-order valence-corrected chi connectivity index (χ2v) is 7.45. The molecule has 0 aliphatic carbocycles. The van der Waals surface area contributed by atoms with Gasteiger partial charge in [0.05, 0.1) is 12.2 Å². The van der Waals surface area contributed by atoms with Gasteiger partial charge in [-0.15, -0.1) is 24.0 Å². The Hall–Kier alpha value is -1.38. The highest BCUT2D eigenvalue weighted by Crippen LogP contribution is 2.35. The fourth-order valence-corrected chi connectivity index (χ4v) is 4.01. The van der Waals surface area contributed by atoms with Crippen LogP contribution in [0, 0.1) is 5.92 Å². The van der Waals surface area contributed by atoms with Crippen molar-refractivity contribution in [2.75, 3.05) is 27.2 Å². The van der Waals surface area contributed by atoms with Crippen LogP contribution in [0.5, 0.6) is 0 Å². The summed E-state index contributed by atoms with van der Waals surface area (Å²) in [4.78, 5) is 11.1. The maximum absolute atomic E-state index is 6.24. The molecule has 1 saturated heterocycles. The fourth-order valence-electron chi connectivity index (χ4n) is 3.82. The van der Waals surface area contributed by atoms with Crippen LogP contribution in [-0.2, 0) is 6.54 Å². The number of rotatable bonds is 5. The molecule has 1 aromatic carbocycles. The number of aliphatic imine (C=N–C) groups is 1. The molecule has 2 heterocycles. The van der Waals surface area contributed by atoms with Gasteiger partial charge < -0.3 is 10.6 Å². The molecular weight excluding hydrogens is 485 g/mol. The fraction of sp³-hybridized carbons (Fsp3) is 0.429. The molecule has 5 nitrogen and oxygen atoms in total. The van der Waals surface area contributed by atoms with Gasteiger partial charge in [0.1, 0.15) is 0 Å². The molecule has 1 aliphatic rings. The van der Waals surface area contributed by atoms with Gasteiger partial charge >= 0.3 is 0 Å². The van der Waals surface area contributed by atoms with Crippen molar-refractivity contribution in [3.8, 4) is 0 Å². The van der Waals surface area contributed by atoms with Gasteiger partial charge in [-0.25, -0.2) is 0 Å². The molecule has 0 amide bonds. The molecule has 3 rings (SSSR count). The van der Waals surface area contributed by atoms with Gasteiger partial charge in [-0.05, 0) is 62.2 Å². The minimum Gasteiger partial charge on any atom is -0.356 e. The van der Waals surface area contributed by atoms with E-state index in [1.54, 1.807) is 13.2 Å². The summed E-state index contributed by atoms with van der Waals surface area (Å²) in [5, 5.41) is 7.63. The Balaban J connectivity index is 0.00000280. The molecule has 0 saturated carbocycles. The third-order valence-electron chi connectivity index (χ3n) is 5.12. The minimum atomic E-state index is 0. The standard InChI is InChI=1S/C21H28ClN5.HI/c1-23-21(26-15-19-10-3-4-11-24-19)25-14-17-8-6-12-27(2)20(17)16-7-5-9-18(22)13-16;/h3-5,7,9-11,13,17,20H,6,8,12,14-15H2,1-2H3,(H2,23,25,26);1H. The van der Waals surface area contributed by atoms with Crippen LogP contribution in [-0.4, -0.2) is 43.0 Å². The van der Waals surface area contributed by atoms with Gasteiger partial charge in [-0.1, -0.05) is 29.8 Å². The first kappa shape index (κ1) is 22.9. The summed E-state index contributed by atoms with van der Waals surface area (Å²) in [6.07, 6.45) is 4.20. The number of benzene rings is 1. The first-order valence-corrected chi connectivity index (χ1v) is 9.85. The van der Waals surface area contributed by atoms with Crippen LogP contribution in [0.15, 0.2) is 53.7 Å². The lowest BCUT2D eigenvalue weighted by molar-refractivity contribution is 0.122. The van der Waals surface area contributed by atoms with Gasteiger partial charge in [-0.2, -0.15) is 0 Å². The minimum absolute atomic E-state index is 0. The van der Waals surface area contributed by atoms with Crippen LogP contribution in [0.2, 0.25) is 5.02 Å². The van der Waals surface area contributed by atoms with Crippen LogP contribution >= 0.6 is 35.6 Å². The molecule has 2 N–H and O–H groups in total. The molecule has 2 unspecified atom stereocenters. The number of halogens is 2. The van der Waals surface area contributed by atoms with E-state index in [4.69, 9.17) is 11.6 Å². The average molecular weight is 514 g/mol. The zero-order valence-corrected chi connectivity index (χ0v) is 19.5. The van der Waals surface area contributed by atoms with Crippen LogP contribution in [0.1, 0.15) is 30.1 Å². The second kappa shape index (κ2) is 11.6. The van der Waals surface area contributed by atoms with E-state index in [0.717, 1.165) is 29.8 Å². The van der Waals surface area contributed by atoms with Crippen LogP contribution in [0.3, 0.4) is 0 Å². The van der Waals surface area contributed by atoms with Crippen molar-refractivity contribution in [3.05, 3.63) is 64.9 Å². The molecule has 0 radical (unpaired) electrons. The predicted octanol–water partition coefficient (Wildman–Crippen LogP) is 4.10. The van der Waals surface area contributed by atoms with Crippen molar-refractivity contribution < 1.29 is 0 Å². The molecule has 1 aliphatic heterocycles. The van der Waals surface area contributed by atoms with E-state index >= 15 is 0 Å². The normalized spacial score (nSPS) is 20.3. The largest absolute Gasteiger partial charge is 0.356 e. The molecule has 0 spiro atoms. The Labute approximate surface area is 190 Å². The number of aromatic nitrogens is 1. The number of pyridine rings is 1. The number of nitrogens with zero attached hydrogens (tertiary/aromatic N) is 3. The van der Waals surface area contributed by atoms with Gasteiger partial charge in [-0.3, -0.25) is 14.9 Å². The van der Waals surface area contributed by atoms with Crippen molar-refractivity contribution in [2.45, 2.75) is 25.4 Å². The lowest BCUT2D eigenvalue weighted by Gasteiger charge is -2.40. The Morgan fingerprint density at radius 2 is 2.11 bits per heavy atom. The van der Waals surface area contributed by atoms with E-state index < -0.39 is 0 Å². The number of nitrogens with one attached hydrogen (secondary N) is 2. The maximum Gasteiger partial charge on any atom is 0.191 e. The quantitative estimate of drug-likeness (QED) is 0.359. The Morgan fingerprint density at radius 1 is 1.25 bits per heavy atom. The molecule has 7 heteroatoms. The topological polar surface area (TPSA) is 52.6 Å². The molecule has 1 fully saturated rings. The molecular formula is C21H29ClIN5. The van der Waals surface area contributed by atoms with Gasteiger partial charge in [0, 0.05) is 30.9 Å². The van der Waals surface area contributed by atoms with E-state index in [0.29, 0.717) is 18.5 Å². The highest BCUT2D eigenvalue weighted by molar-refractivity contribution is 14.0. The number of hydrogen-bond donors (Lipinski definition) is 2. The average Bonchev–Trinajstić information content (AvgIpc) is 2.69. The lowest BCUT2D eigenvalue weighted by Crippen LogP contribution is -2.44. The van der Waals surface area contributed by atoms with Crippen LogP contribution < -0.4 is 10.6 Å². The number of piperidine rings is 1. The first-order chi connectivity index (χ1) is 13.2. The summed E-state index contributed by atoms with van der Waals surface area (Å²) in [6, 6.07) is 14.5. The van der Waals surface area contributed by atoms with Gasteiger partial charge in [0.2, 0.25) is 0 Å². The van der Waals surface area contributed by atoms with Gasteiger partial charge in [0.25, 0.3) is 0 Å². The highest BCUT2D eigenvalue weighted by atomic mass is 127. The molecule has 1 aromatic heterocycles.